The molecule has 3 heterocycles. The maximum Gasteiger partial charge on any atom is 0.257 e. The smallest absolute Gasteiger partial charge is 0.257 e. The number of pyridine rings is 1. The van der Waals surface area contributed by atoms with Crippen molar-refractivity contribution in [2.75, 3.05) is 26.8 Å². The highest BCUT2D eigenvalue weighted by molar-refractivity contribution is 6.30. The molecule has 216 valence electrons. The Hall–Kier alpha value is -3.08. The first-order valence-corrected chi connectivity index (χ1v) is 14.0. The van der Waals surface area contributed by atoms with Gasteiger partial charge in [-0.05, 0) is 67.6 Å². The highest BCUT2D eigenvalue weighted by Gasteiger charge is 2.54. The third-order valence-electron chi connectivity index (χ3n) is 8.29. The van der Waals surface area contributed by atoms with E-state index in [4.69, 9.17) is 27.9 Å². The molecule has 1 fully saturated rings. The number of fused-ring (bicyclic) bond motifs is 1. The Bertz CT molecular complexity index is 1460. The van der Waals surface area contributed by atoms with Crippen molar-refractivity contribution in [2.24, 2.45) is 5.92 Å². The Kier molecular flexibility index (Phi) is 8.11. The van der Waals surface area contributed by atoms with Gasteiger partial charge in [0.05, 0.1) is 34.0 Å². The molecule has 0 bridgehead atoms. The maximum absolute atomic E-state index is 16.3. The van der Waals surface area contributed by atoms with Crippen LogP contribution in [-0.2, 0) is 27.4 Å². The predicted molar refractivity (Wildman–Crippen MR) is 151 cm³/mol. The van der Waals surface area contributed by atoms with Crippen LogP contribution in [-0.4, -0.2) is 63.6 Å². The van der Waals surface area contributed by atoms with Crippen LogP contribution in [0.5, 0.6) is 0 Å². The Morgan fingerprint density at radius 2 is 1.80 bits per heavy atom. The Morgan fingerprint density at radius 1 is 1.15 bits per heavy atom. The average Bonchev–Trinajstić information content (AvgIpc) is 3.22. The molecule has 1 unspecified atom stereocenters. The Balaban J connectivity index is 1.59. The molecule has 11 heteroatoms. The van der Waals surface area contributed by atoms with Crippen molar-refractivity contribution in [1.82, 2.24) is 14.8 Å². The summed E-state index contributed by atoms with van der Waals surface area (Å²) in [6, 6.07) is 12.8. The molecule has 0 radical (unpaired) electrons. The summed E-state index contributed by atoms with van der Waals surface area (Å²) < 4.78 is 22.4. The van der Waals surface area contributed by atoms with Gasteiger partial charge in [-0.1, -0.05) is 35.3 Å². The zero-order valence-electron chi connectivity index (χ0n) is 22.6. The lowest BCUT2D eigenvalue weighted by atomic mass is 9.76. The number of hydrogen-bond acceptors (Lipinski definition) is 6. The number of halogens is 3. The number of methoxy groups -OCH3 is 1. The van der Waals surface area contributed by atoms with Crippen LogP contribution in [0.3, 0.4) is 0 Å². The molecule has 0 spiro atoms. The van der Waals surface area contributed by atoms with Gasteiger partial charge >= 0.3 is 0 Å². The zero-order chi connectivity index (χ0) is 29.5. The number of rotatable bonds is 7. The van der Waals surface area contributed by atoms with E-state index in [9.17, 15) is 19.8 Å². The summed E-state index contributed by atoms with van der Waals surface area (Å²) in [6.07, 6.45) is 2.37. The van der Waals surface area contributed by atoms with Crippen molar-refractivity contribution in [3.8, 4) is 0 Å². The van der Waals surface area contributed by atoms with Gasteiger partial charge in [-0.3, -0.25) is 19.5 Å². The van der Waals surface area contributed by atoms with Gasteiger partial charge in [0.25, 0.3) is 5.91 Å². The van der Waals surface area contributed by atoms with Gasteiger partial charge < -0.3 is 19.8 Å². The summed E-state index contributed by atoms with van der Waals surface area (Å²) in [7, 11) is 1.41. The van der Waals surface area contributed by atoms with E-state index >= 15 is 4.39 Å². The molecular formula is C30H30Cl2FN3O5. The first-order valence-electron chi connectivity index (χ1n) is 13.2. The first-order chi connectivity index (χ1) is 19.5. The summed E-state index contributed by atoms with van der Waals surface area (Å²) in [5.74, 6) is -1.88. The number of aliphatic hydroxyl groups excluding tert-OH is 1. The van der Waals surface area contributed by atoms with Crippen molar-refractivity contribution >= 4 is 35.0 Å². The third-order valence-corrected chi connectivity index (χ3v) is 8.76. The van der Waals surface area contributed by atoms with Crippen LogP contribution in [0.25, 0.3) is 0 Å². The minimum absolute atomic E-state index is 0.0103. The number of aliphatic hydroxyl groups is 2. The molecule has 2 aliphatic heterocycles. The second-order valence-corrected chi connectivity index (χ2v) is 11.4. The van der Waals surface area contributed by atoms with Crippen LogP contribution in [0.4, 0.5) is 4.39 Å². The molecule has 1 aromatic heterocycles. The monoisotopic (exact) mass is 601 g/mol. The fraction of sp³-hybridized carbons (Fsp3) is 0.367. The number of ether oxygens (including phenoxy) is 1. The molecule has 1 saturated heterocycles. The number of amides is 2. The molecule has 5 rings (SSSR count). The van der Waals surface area contributed by atoms with E-state index in [0.717, 1.165) is 0 Å². The van der Waals surface area contributed by atoms with Gasteiger partial charge in [-0.25, -0.2) is 4.39 Å². The minimum atomic E-state index is -1.64. The Labute approximate surface area is 247 Å². The van der Waals surface area contributed by atoms with E-state index in [1.807, 2.05) is 0 Å². The predicted octanol–water partition coefficient (Wildman–Crippen LogP) is 4.47. The summed E-state index contributed by atoms with van der Waals surface area (Å²) in [5, 5.41) is 21.8. The highest BCUT2D eigenvalue weighted by Crippen LogP contribution is 2.49. The minimum Gasteiger partial charge on any atom is -0.387 e. The molecule has 3 aromatic rings. The number of aromatic nitrogens is 1. The quantitative estimate of drug-likeness (QED) is 0.414. The number of hydrogen-bond donors (Lipinski definition) is 2. The van der Waals surface area contributed by atoms with Gasteiger partial charge in [-0.15, -0.1) is 0 Å². The Morgan fingerprint density at radius 3 is 2.39 bits per heavy atom. The molecule has 0 saturated carbocycles. The molecule has 0 aliphatic carbocycles. The number of carbonyl (C=O) groups excluding carboxylic acids is 2. The molecule has 41 heavy (non-hydrogen) atoms. The topological polar surface area (TPSA) is 103 Å². The largest absolute Gasteiger partial charge is 0.387 e. The van der Waals surface area contributed by atoms with E-state index in [2.05, 4.69) is 4.98 Å². The molecule has 2 aromatic carbocycles. The summed E-state index contributed by atoms with van der Waals surface area (Å²) in [6.45, 7) is 1.73. The van der Waals surface area contributed by atoms with E-state index < -0.39 is 29.7 Å². The molecule has 8 nitrogen and oxygen atoms in total. The fourth-order valence-electron chi connectivity index (χ4n) is 6.01. The van der Waals surface area contributed by atoms with Crippen molar-refractivity contribution in [2.45, 2.75) is 37.6 Å². The van der Waals surface area contributed by atoms with Crippen LogP contribution in [0.15, 0.2) is 54.7 Å². The SMILES string of the molecule is CO[C@]1(c2ccc(Cl)cc2)c2c(F)cc(C(C)(O)C3CCN(C(=O)CO)CC3)cc2C(=O)N1Cc1ccc(Cl)cn1. The lowest BCUT2D eigenvalue weighted by Gasteiger charge is -2.40. The molecule has 2 atom stereocenters. The number of nitrogens with zero attached hydrogens (tertiary/aromatic N) is 3. The van der Waals surface area contributed by atoms with Gasteiger partial charge in [0.2, 0.25) is 5.91 Å². The second kappa shape index (κ2) is 11.3. The van der Waals surface area contributed by atoms with Crippen molar-refractivity contribution in [3.05, 3.63) is 98.5 Å². The number of piperidine rings is 1. The molecular weight excluding hydrogens is 572 g/mol. The van der Waals surface area contributed by atoms with Gasteiger partial charge in [0.1, 0.15) is 12.4 Å². The fourth-order valence-corrected chi connectivity index (χ4v) is 6.25. The summed E-state index contributed by atoms with van der Waals surface area (Å²) in [5.41, 5.74) is -1.77. The summed E-state index contributed by atoms with van der Waals surface area (Å²) >= 11 is 12.2. The van der Waals surface area contributed by atoms with E-state index in [0.29, 0.717) is 47.2 Å². The molecule has 2 amide bonds. The van der Waals surface area contributed by atoms with Gasteiger partial charge in [0.15, 0.2) is 5.72 Å². The standard InChI is InChI=1S/C30H30Cl2FN3O5/c1-29(40,18-9-11-35(12-10-18)26(38)17-37)20-13-24-27(25(33)14-20)30(41-2,19-3-5-21(31)6-4-19)36(28(24)39)16-23-8-7-22(32)15-34-23/h3-8,13-15,18,37,40H,9-12,16-17H2,1-2H3/t29?,30-/m1/s1. The van der Waals surface area contributed by atoms with Crippen LogP contribution >= 0.6 is 23.2 Å². The van der Waals surface area contributed by atoms with E-state index in [1.54, 1.807) is 48.2 Å². The van der Waals surface area contributed by atoms with Crippen molar-refractivity contribution in [3.63, 3.8) is 0 Å². The number of benzene rings is 2. The lowest BCUT2D eigenvalue weighted by molar-refractivity contribution is -0.137. The second-order valence-electron chi connectivity index (χ2n) is 10.6. The van der Waals surface area contributed by atoms with E-state index in [1.165, 1.54) is 30.3 Å². The van der Waals surface area contributed by atoms with E-state index in [-0.39, 0.29) is 35.1 Å². The average molecular weight is 602 g/mol. The summed E-state index contributed by atoms with van der Waals surface area (Å²) in [4.78, 5) is 33.3. The first kappa shape index (κ1) is 29.4. The number of carbonyl (C=O) groups is 2. The van der Waals surface area contributed by atoms with Crippen LogP contribution < -0.4 is 0 Å². The van der Waals surface area contributed by atoms with Crippen molar-refractivity contribution in [1.29, 1.82) is 0 Å². The highest BCUT2D eigenvalue weighted by atomic mass is 35.5. The maximum atomic E-state index is 16.3. The number of likely N-dealkylation sites (tertiary alicyclic amines) is 1. The molecule has 2 N–H and O–H groups in total. The van der Waals surface area contributed by atoms with Crippen molar-refractivity contribution < 1.29 is 28.9 Å². The zero-order valence-corrected chi connectivity index (χ0v) is 24.1. The lowest BCUT2D eigenvalue weighted by Crippen LogP contribution is -2.46. The molecule has 2 aliphatic rings. The van der Waals surface area contributed by atoms with Crippen LogP contribution in [0, 0.1) is 11.7 Å². The van der Waals surface area contributed by atoms with Gasteiger partial charge in [-0.2, -0.15) is 0 Å². The normalized spacial score (nSPS) is 20.7. The van der Waals surface area contributed by atoms with Gasteiger partial charge in [0, 0.05) is 37.0 Å². The van der Waals surface area contributed by atoms with Crippen LogP contribution in [0.2, 0.25) is 10.0 Å². The third kappa shape index (κ3) is 5.10. The van der Waals surface area contributed by atoms with Crippen LogP contribution in [0.1, 0.15) is 52.5 Å².